The Morgan fingerprint density at radius 2 is 1.85 bits per heavy atom. The van der Waals surface area contributed by atoms with Gasteiger partial charge in [0.25, 0.3) is 0 Å². The van der Waals surface area contributed by atoms with Crippen LogP contribution in [0.5, 0.6) is 0 Å². The summed E-state index contributed by atoms with van der Waals surface area (Å²) in [5.74, 6) is -0.0772. The van der Waals surface area contributed by atoms with Crippen LogP contribution in [0.2, 0.25) is 0 Å². The quantitative estimate of drug-likeness (QED) is 0.899. The van der Waals surface area contributed by atoms with Crippen LogP contribution in [0.1, 0.15) is 44.2 Å². The Hall–Kier alpha value is -1.52. The van der Waals surface area contributed by atoms with Crippen molar-refractivity contribution in [3.8, 4) is 0 Å². The largest absolute Gasteiger partial charge is 0.416 e. The minimum Gasteiger partial charge on any atom is -0.353 e. The standard InChI is InChI=1S/C15H18F3NO/c1-3-10(2)19-13(20)14(8-9-14)11-4-6-12(7-5-11)15(16,17)18/h4-7,10H,3,8-9H2,1-2H3,(H,19,20). The van der Waals surface area contributed by atoms with E-state index >= 15 is 0 Å². The summed E-state index contributed by atoms with van der Waals surface area (Å²) in [6.45, 7) is 3.89. The number of hydrogen-bond donors (Lipinski definition) is 1. The Morgan fingerprint density at radius 1 is 1.30 bits per heavy atom. The molecule has 0 spiro atoms. The first-order valence-electron chi connectivity index (χ1n) is 6.78. The van der Waals surface area contributed by atoms with Crippen molar-refractivity contribution in [2.45, 2.75) is 50.7 Å². The maximum Gasteiger partial charge on any atom is 0.416 e. The van der Waals surface area contributed by atoms with Gasteiger partial charge in [-0.3, -0.25) is 4.79 Å². The topological polar surface area (TPSA) is 29.1 Å². The minimum atomic E-state index is -4.34. The molecule has 1 N–H and O–H groups in total. The van der Waals surface area contributed by atoms with E-state index in [1.807, 2.05) is 13.8 Å². The van der Waals surface area contributed by atoms with Crippen molar-refractivity contribution < 1.29 is 18.0 Å². The number of alkyl halides is 3. The highest BCUT2D eigenvalue weighted by atomic mass is 19.4. The molecule has 1 atom stereocenters. The molecule has 110 valence electrons. The van der Waals surface area contributed by atoms with Crippen LogP contribution in [0.15, 0.2) is 24.3 Å². The van der Waals surface area contributed by atoms with Crippen LogP contribution in [-0.2, 0) is 16.4 Å². The number of amides is 1. The molecule has 0 aliphatic heterocycles. The van der Waals surface area contributed by atoms with Crippen LogP contribution in [-0.4, -0.2) is 11.9 Å². The second-order valence-electron chi connectivity index (χ2n) is 5.44. The van der Waals surface area contributed by atoms with Gasteiger partial charge in [-0.25, -0.2) is 0 Å². The fraction of sp³-hybridized carbons (Fsp3) is 0.533. The molecular weight excluding hydrogens is 267 g/mol. The third-order valence-electron chi connectivity index (χ3n) is 3.94. The Labute approximate surface area is 116 Å². The molecule has 1 aliphatic rings. The highest BCUT2D eigenvalue weighted by Crippen LogP contribution is 2.48. The molecule has 1 aromatic rings. The van der Waals surface area contributed by atoms with E-state index in [2.05, 4.69) is 5.32 Å². The van der Waals surface area contributed by atoms with Crippen molar-refractivity contribution in [1.82, 2.24) is 5.32 Å². The van der Waals surface area contributed by atoms with Gasteiger partial charge in [-0.05, 0) is 43.9 Å². The van der Waals surface area contributed by atoms with Gasteiger partial charge >= 0.3 is 6.18 Å². The highest BCUT2D eigenvalue weighted by Gasteiger charge is 2.51. The molecule has 1 fully saturated rings. The molecule has 20 heavy (non-hydrogen) atoms. The number of hydrogen-bond acceptors (Lipinski definition) is 1. The molecule has 1 aromatic carbocycles. The van der Waals surface area contributed by atoms with E-state index in [-0.39, 0.29) is 11.9 Å². The zero-order chi connectivity index (χ0) is 15.0. The Bertz CT molecular complexity index is 489. The molecule has 2 rings (SSSR count). The van der Waals surface area contributed by atoms with Gasteiger partial charge in [0.05, 0.1) is 11.0 Å². The van der Waals surface area contributed by atoms with E-state index in [1.165, 1.54) is 12.1 Å². The number of carbonyl (C=O) groups excluding carboxylic acids is 1. The van der Waals surface area contributed by atoms with Gasteiger partial charge < -0.3 is 5.32 Å². The summed E-state index contributed by atoms with van der Waals surface area (Å²) in [5.41, 5.74) is -0.626. The lowest BCUT2D eigenvalue weighted by Gasteiger charge is -2.19. The van der Waals surface area contributed by atoms with Crippen molar-refractivity contribution in [3.05, 3.63) is 35.4 Å². The molecule has 1 aliphatic carbocycles. The predicted molar refractivity (Wildman–Crippen MR) is 70.3 cm³/mol. The monoisotopic (exact) mass is 285 g/mol. The lowest BCUT2D eigenvalue weighted by atomic mass is 9.93. The van der Waals surface area contributed by atoms with Crippen LogP contribution >= 0.6 is 0 Å². The van der Waals surface area contributed by atoms with E-state index in [4.69, 9.17) is 0 Å². The van der Waals surface area contributed by atoms with Gasteiger partial charge in [-0.2, -0.15) is 13.2 Å². The van der Waals surface area contributed by atoms with E-state index in [0.29, 0.717) is 18.4 Å². The molecule has 2 nitrogen and oxygen atoms in total. The zero-order valence-electron chi connectivity index (χ0n) is 11.6. The average molecular weight is 285 g/mol. The molecule has 0 saturated heterocycles. The highest BCUT2D eigenvalue weighted by molar-refractivity contribution is 5.91. The Balaban J connectivity index is 2.17. The summed E-state index contributed by atoms with van der Waals surface area (Å²) >= 11 is 0. The van der Waals surface area contributed by atoms with Gasteiger partial charge in [-0.15, -0.1) is 0 Å². The van der Waals surface area contributed by atoms with E-state index in [1.54, 1.807) is 0 Å². The van der Waals surface area contributed by atoms with Crippen molar-refractivity contribution in [1.29, 1.82) is 0 Å². The third-order valence-corrected chi connectivity index (χ3v) is 3.94. The third kappa shape index (κ3) is 2.81. The van der Waals surface area contributed by atoms with Gasteiger partial charge in [-0.1, -0.05) is 19.1 Å². The summed E-state index contributed by atoms with van der Waals surface area (Å²) in [5, 5.41) is 2.91. The zero-order valence-corrected chi connectivity index (χ0v) is 11.6. The van der Waals surface area contributed by atoms with Crippen molar-refractivity contribution in [2.75, 3.05) is 0 Å². The predicted octanol–water partition coefficient (Wildman–Crippen LogP) is 3.65. The molecule has 1 unspecified atom stereocenters. The van der Waals surface area contributed by atoms with Crippen LogP contribution in [0, 0.1) is 0 Å². The van der Waals surface area contributed by atoms with E-state index in [9.17, 15) is 18.0 Å². The lowest BCUT2D eigenvalue weighted by molar-refractivity contribution is -0.137. The molecule has 0 radical (unpaired) electrons. The van der Waals surface area contributed by atoms with Gasteiger partial charge in [0.2, 0.25) is 5.91 Å². The molecular formula is C15H18F3NO. The van der Waals surface area contributed by atoms with Crippen molar-refractivity contribution in [2.24, 2.45) is 0 Å². The van der Waals surface area contributed by atoms with Crippen LogP contribution in [0.3, 0.4) is 0 Å². The molecule has 1 amide bonds. The Kier molecular flexibility index (Phi) is 3.80. The molecule has 0 bridgehead atoms. The molecule has 0 heterocycles. The van der Waals surface area contributed by atoms with Crippen molar-refractivity contribution in [3.63, 3.8) is 0 Å². The lowest BCUT2D eigenvalue weighted by Crippen LogP contribution is -2.39. The normalized spacial score (nSPS) is 18.4. The second kappa shape index (κ2) is 5.11. The van der Waals surface area contributed by atoms with Crippen LogP contribution in [0.25, 0.3) is 0 Å². The van der Waals surface area contributed by atoms with Crippen LogP contribution < -0.4 is 5.32 Å². The summed E-state index contributed by atoms with van der Waals surface area (Å²) in [6.07, 6.45) is -2.12. The molecule has 0 aromatic heterocycles. The average Bonchev–Trinajstić information content (AvgIpc) is 3.19. The van der Waals surface area contributed by atoms with E-state index in [0.717, 1.165) is 18.6 Å². The molecule has 1 saturated carbocycles. The fourth-order valence-electron chi connectivity index (χ4n) is 2.21. The first-order chi connectivity index (χ1) is 9.29. The SMILES string of the molecule is CCC(C)NC(=O)C1(c2ccc(C(F)(F)F)cc2)CC1. The maximum atomic E-state index is 12.5. The van der Waals surface area contributed by atoms with Crippen molar-refractivity contribution >= 4 is 5.91 Å². The van der Waals surface area contributed by atoms with Crippen LogP contribution in [0.4, 0.5) is 13.2 Å². The van der Waals surface area contributed by atoms with Gasteiger partial charge in [0, 0.05) is 6.04 Å². The first-order valence-corrected chi connectivity index (χ1v) is 6.78. The summed E-state index contributed by atoms with van der Waals surface area (Å²) in [4.78, 5) is 12.2. The second-order valence-corrected chi connectivity index (χ2v) is 5.44. The fourth-order valence-corrected chi connectivity index (χ4v) is 2.21. The van der Waals surface area contributed by atoms with E-state index < -0.39 is 17.2 Å². The number of benzene rings is 1. The molecule has 5 heteroatoms. The smallest absolute Gasteiger partial charge is 0.353 e. The number of halogens is 3. The number of rotatable bonds is 4. The maximum absolute atomic E-state index is 12.5. The minimum absolute atomic E-state index is 0.0772. The Morgan fingerprint density at radius 3 is 2.25 bits per heavy atom. The summed E-state index contributed by atoms with van der Waals surface area (Å²) < 4.78 is 37.6. The van der Waals surface area contributed by atoms with Gasteiger partial charge in [0.1, 0.15) is 0 Å². The first kappa shape index (κ1) is 14.9. The van der Waals surface area contributed by atoms with Gasteiger partial charge in [0.15, 0.2) is 0 Å². The summed E-state index contributed by atoms with van der Waals surface area (Å²) in [7, 11) is 0. The number of nitrogens with one attached hydrogen (secondary N) is 1. The summed E-state index contributed by atoms with van der Waals surface area (Å²) in [6, 6.07) is 5.02. The number of carbonyl (C=O) groups is 1.